The summed E-state index contributed by atoms with van der Waals surface area (Å²) in [5, 5.41) is -1.62. The molecule has 1 unspecified atom stereocenters. The molecule has 1 aromatic rings. The average molecular weight is 266 g/mol. The van der Waals surface area contributed by atoms with Crippen molar-refractivity contribution in [2.75, 3.05) is 5.75 Å². The van der Waals surface area contributed by atoms with Gasteiger partial charge in [0.1, 0.15) is 5.75 Å². The Morgan fingerprint density at radius 2 is 1.78 bits per heavy atom. The van der Waals surface area contributed by atoms with Gasteiger partial charge in [-0.2, -0.15) is 0 Å². The van der Waals surface area contributed by atoms with Gasteiger partial charge in [-0.1, -0.05) is 30.3 Å². The van der Waals surface area contributed by atoms with Crippen molar-refractivity contribution in [3.63, 3.8) is 0 Å². The third-order valence-electron chi connectivity index (χ3n) is 2.72. The second-order valence-corrected chi connectivity index (χ2v) is 6.17. The number of benzene rings is 1. The summed E-state index contributed by atoms with van der Waals surface area (Å²) in [4.78, 5) is 34.4. The first-order chi connectivity index (χ1) is 8.42. The molecule has 0 amide bonds. The molecule has 0 spiro atoms. The van der Waals surface area contributed by atoms with Gasteiger partial charge in [0.25, 0.3) is 0 Å². The van der Waals surface area contributed by atoms with Crippen LogP contribution in [-0.4, -0.2) is 36.8 Å². The lowest BCUT2D eigenvalue weighted by Crippen LogP contribution is -2.53. The molecule has 1 aromatic carbocycles. The van der Waals surface area contributed by atoms with Gasteiger partial charge < -0.3 is 0 Å². The Bertz CT molecular complexity index is 615. The van der Waals surface area contributed by atoms with E-state index in [2.05, 4.69) is 0 Å². The number of rotatable bonds is 4. The second-order valence-electron chi connectivity index (χ2n) is 4.09. The van der Waals surface area contributed by atoms with Crippen molar-refractivity contribution >= 4 is 27.2 Å². The van der Waals surface area contributed by atoms with E-state index in [-0.39, 0.29) is 0 Å². The van der Waals surface area contributed by atoms with Crippen LogP contribution in [0.4, 0.5) is 0 Å². The van der Waals surface area contributed by atoms with Crippen molar-refractivity contribution < 1.29 is 22.8 Å². The molecular weight excluding hydrogens is 256 g/mol. The highest BCUT2D eigenvalue weighted by Gasteiger charge is 2.49. The fraction of sp³-hybridized carbons (Fsp3) is 0.250. The van der Waals surface area contributed by atoms with Crippen LogP contribution in [0.5, 0.6) is 0 Å². The van der Waals surface area contributed by atoms with Gasteiger partial charge in [0.05, 0.1) is 6.42 Å². The molecule has 18 heavy (non-hydrogen) atoms. The first-order valence-electron chi connectivity index (χ1n) is 5.27. The van der Waals surface area contributed by atoms with Gasteiger partial charge in [-0.25, -0.2) is 8.42 Å². The zero-order chi connectivity index (χ0) is 13.3. The highest BCUT2D eigenvalue weighted by Crippen LogP contribution is 2.20. The molecule has 0 aromatic heterocycles. The molecule has 94 valence electrons. The number of carbonyl (C=O) groups is 3. The number of carbonyl (C=O) groups excluding carboxylic acids is 3. The fourth-order valence-electron chi connectivity index (χ4n) is 1.82. The van der Waals surface area contributed by atoms with E-state index in [9.17, 15) is 22.8 Å². The lowest BCUT2D eigenvalue weighted by molar-refractivity contribution is -0.125. The Hall–Kier alpha value is -1.82. The largest absolute Gasteiger partial charge is 0.297 e. The molecule has 2 rings (SSSR count). The van der Waals surface area contributed by atoms with E-state index >= 15 is 0 Å². The van der Waals surface area contributed by atoms with E-state index in [0.29, 0.717) is 5.56 Å². The summed E-state index contributed by atoms with van der Waals surface area (Å²) in [5.74, 6) is -2.53. The molecule has 0 aliphatic carbocycles. The molecule has 5 nitrogen and oxygen atoms in total. The molecule has 1 fully saturated rings. The monoisotopic (exact) mass is 266 g/mol. The predicted octanol–water partition coefficient (Wildman–Crippen LogP) is 0.195. The van der Waals surface area contributed by atoms with Crippen LogP contribution in [0.3, 0.4) is 0 Å². The summed E-state index contributed by atoms with van der Waals surface area (Å²) in [6.45, 7) is 0. The molecule has 0 radical (unpaired) electrons. The Labute approximate surface area is 104 Å². The van der Waals surface area contributed by atoms with Crippen LogP contribution in [-0.2, 0) is 19.4 Å². The Morgan fingerprint density at radius 1 is 1.17 bits per heavy atom. The highest BCUT2D eigenvalue weighted by atomic mass is 32.2. The van der Waals surface area contributed by atoms with E-state index in [1.54, 1.807) is 18.2 Å². The SMILES string of the molecule is O=C(CC(=O)C1C(=O)CS1(=O)=O)c1ccccc1. The van der Waals surface area contributed by atoms with E-state index in [0.717, 1.165) is 0 Å². The summed E-state index contributed by atoms with van der Waals surface area (Å²) in [6.07, 6.45) is -0.556. The summed E-state index contributed by atoms with van der Waals surface area (Å²) in [7, 11) is -3.65. The molecule has 1 saturated heterocycles. The van der Waals surface area contributed by atoms with Gasteiger partial charge >= 0.3 is 0 Å². The van der Waals surface area contributed by atoms with Crippen LogP contribution in [0.15, 0.2) is 30.3 Å². The van der Waals surface area contributed by atoms with Crippen molar-refractivity contribution in [3.05, 3.63) is 35.9 Å². The third-order valence-corrected chi connectivity index (χ3v) is 4.65. The van der Waals surface area contributed by atoms with Crippen LogP contribution in [0, 0.1) is 0 Å². The van der Waals surface area contributed by atoms with Crippen molar-refractivity contribution in [2.45, 2.75) is 11.7 Å². The van der Waals surface area contributed by atoms with E-state index in [1.165, 1.54) is 12.1 Å². The topological polar surface area (TPSA) is 85.3 Å². The second kappa shape index (κ2) is 4.45. The van der Waals surface area contributed by atoms with Gasteiger partial charge in [-0.05, 0) is 0 Å². The standard InChI is InChI=1S/C12H10O5S/c13-9(8-4-2-1-3-5-8)6-10(14)12-11(15)7-18(12,16)17/h1-5,12H,6-7H2. The normalized spacial score (nSPS) is 21.1. The van der Waals surface area contributed by atoms with Gasteiger partial charge in [-0.3, -0.25) is 14.4 Å². The lowest BCUT2D eigenvalue weighted by Gasteiger charge is -2.22. The van der Waals surface area contributed by atoms with Crippen LogP contribution < -0.4 is 0 Å². The minimum Gasteiger partial charge on any atom is -0.297 e. The van der Waals surface area contributed by atoms with Crippen LogP contribution in [0.25, 0.3) is 0 Å². The number of sulfone groups is 1. The molecule has 0 N–H and O–H groups in total. The summed E-state index contributed by atoms with van der Waals surface area (Å²) < 4.78 is 22.5. The summed E-state index contributed by atoms with van der Waals surface area (Å²) in [5.41, 5.74) is 0.329. The number of ketones is 3. The van der Waals surface area contributed by atoms with Gasteiger partial charge in [0, 0.05) is 5.56 Å². The van der Waals surface area contributed by atoms with Crippen molar-refractivity contribution in [1.82, 2.24) is 0 Å². The summed E-state index contributed by atoms with van der Waals surface area (Å²) >= 11 is 0. The molecule has 1 atom stereocenters. The maximum atomic E-state index is 11.7. The van der Waals surface area contributed by atoms with E-state index < -0.39 is 44.6 Å². The van der Waals surface area contributed by atoms with Gasteiger partial charge in [-0.15, -0.1) is 0 Å². The molecule has 1 heterocycles. The Balaban J connectivity index is 2.09. The predicted molar refractivity (Wildman–Crippen MR) is 63.0 cm³/mol. The minimum absolute atomic E-state index is 0.329. The number of Topliss-reactive ketones (excluding diaryl/α,β-unsaturated/α-hetero) is 3. The Kier molecular flexibility index (Phi) is 3.13. The minimum atomic E-state index is -3.65. The highest BCUT2D eigenvalue weighted by molar-refractivity contribution is 7.97. The third kappa shape index (κ3) is 2.24. The Morgan fingerprint density at radius 3 is 2.28 bits per heavy atom. The quantitative estimate of drug-likeness (QED) is 0.574. The maximum absolute atomic E-state index is 11.7. The zero-order valence-electron chi connectivity index (χ0n) is 9.33. The van der Waals surface area contributed by atoms with Crippen LogP contribution >= 0.6 is 0 Å². The van der Waals surface area contributed by atoms with Crippen molar-refractivity contribution in [1.29, 1.82) is 0 Å². The number of hydrogen-bond donors (Lipinski definition) is 0. The average Bonchev–Trinajstić information content (AvgIpc) is 2.28. The maximum Gasteiger partial charge on any atom is 0.179 e. The van der Waals surface area contributed by atoms with Gasteiger partial charge in [0.15, 0.2) is 32.4 Å². The van der Waals surface area contributed by atoms with E-state index in [1.807, 2.05) is 0 Å². The molecule has 0 saturated carbocycles. The first kappa shape index (κ1) is 12.6. The van der Waals surface area contributed by atoms with E-state index in [4.69, 9.17) is 0 Å². The first-order valence-corrected chi connectivity index (χ1v) is 6.98. The lowest BCUT2D eigenvalue weighted by atomic mass is 10.0. The fourth-order valence-corrected chi connectivity index (χ4v) is 3.22. The molecular formula is C12H10O5S. The van der Waals surface area contributed by atoms with Crippen molar-refractivity contribution in [2.24, 2.45) is 0 Å². The van der Waals surface area contributed by atoms with Crippen LogP contribution in [0.1, 0.15) is 16.8 Å². The van der Waals surface area contributed by atoms with Crippen LogP contribution in [0.2, 0.25) is 0 Å². The zero-order valence-corrected chi connectivity index (χ0v) is 10.1. The summed E-state index contributed by atoms with van der Waals surface area (Å²) in [6, 6.07) is 8.07. The van der Waals surface area contributed by atoms with Gasteiger partial charge in [0.2, 0.25) is 0 Å². The molecule has 1 aliphatic heterocycles. The number of hydrogen-bond acceptors (Lipinski definition) is 5. The molecule has 0 bridgehead atoms. The molecule has 1 aliphatic rings. The smallest absolute Gasteiger partial charge is 0.179 e. The van der Waals surface area contributed by atoms with Crippen molar-refractivity contribution in [3.8, 4) is 0 Å². The molecule has 6 heteroatoms.